The van der Waals surface area contributed by atoms with E-state index in [1.807, 2.05) is 0 Å². The van der Waals surface area contributed by atoms with Gasteiger partial charge in [0.05, 0.1) is 23.1 Å². The molecule has 1 aromatic heterocycles. The van der Waals surface area contributed by atoms with Crippen molar-refractivity contribution in [1.82, 2.24) is 0 Å². The average Bonchev–Trinajstić information content (AvgIpc) is 2.78. The van der Waals surface area contributed by atoms with Crippen LogP contribution in [0.1, 0.15) is 15.9 Å². The molecule has 0 fully saturated rings. The monoisotopic (exact) mass is 454 g/mol. The second-order valence-corrected chi connectivity index (χ2v) is 7.53. The number of halogens is 2. The van der Waals surface area contributed by atoms with Gasteiger partial charge in [-0.3, -0.25) is 4.79 Å². The number of esters is 1. The molecule has 5 nitrogen and oxygen atoms in total. The first kappa shape index (κ1) is 21.0. The predicted octanol–water partition coefficient (Wildman–Crippen LogP) is 6.13. The van der Waals surface area contributed by atoms with Gasteiger partial charge in [0.2, 0.25) is 11.2 Å². The normalized spacial score (nSPS) is 10.8. The zero-order valence-corrected chi connectivity index (χ0v) is 17.9. The largest absolute Gasteiger partial charge is 0.481 e. The van der Waals surface area contributed by atoms with Gasteiger partial charge in [0.1, 0.15) is 12.2 Å². The van der Waals surface area contributed by atoms with Crippen LogP contribution in [0.25, 0.3) is 22.3 Å². The van der Waals surface area contributed by atoms with E-state index in [-0.39, 0.29) is 23.5 Å². The Kier molecular flexibility index (Phi) is 5.98. The van der Waals surface area contributed by atoms with E-state index in [4.69, 9.17) is 37.1 Å². The summed E-state index contributed by atoms with van der Waals surface area (Å²) in [6.45, 7) is 0.0861. The molecule has 0 N–H and O–H groups in total. The Hall–Kier alpha value is -3.28. The molecule has 0 aliphatic rings. The molecule has 7 heteroatoms. The summed E-state index contributed by atoms with van der Waals surface area (Å²) in [4.78, 5) is 24.8. The van der Waals surface area contributed by atoms with Crippen LogP contribution in [0.4, 0.5) is 0 Å². The second-order valence-electron chi connectivity index (χ2n) is 6.69. The lowest BCUT2D eigenvalue weighted by Gasteiger charge is -2.13. The third kappa shape index (κ3) is 4.29. The van der Waals surface area contributed by atoms with Crippen molar-refractivity contribution in [1.29, 1.82) is 0 Å². The zero-order valence-electron chi connectivity index (χ0n) is 16.4. The van der Waals surface area contributed by atoms with Crippen molar-refractivity contribution < 1.29 is 18.7 Å². The summed E-state index contributed by atoms with van der Waals surface area (Å²) in [7, 11) is 1.32. The summed E-state index contributed by atoms with van der Waals surface area (Å²) < 4.78 is 16.6. The van der Waals surface area contributed by atoms with E-state index in [9.17, 15) is 9.59 Å². The number of hydrogen-bond donors (Lipinski definition) is 0. The van der Waals surface area contributed by atoms with Gasteiger partial charge in [-0.15, -0.1) is 0 Å². The van der Waals surface area contributed by atoms with E-state index in [2.05, 4.69) is 0 Å². The molecule has 0 saturated heterocycles. The number of fused-ring (bicyclic) bond motifs is 1. The van der Waals surface area contributed by atoms with Gasteiger partial charge in [-0.2, -0.15) is 0 Å². The summed E-state index contributed by atoms with van der Waals surface area (Å²) >= 11 is 12.4. The molecular formula is C24H16Cl2O5. The minimum atomic E-state index is -0.428. The van der Waals surface area contributed by atoms with Crippen LogP contribution in [0.3, 0.4) is 0 Å². The molecule has 0 saturated carbocycles. The molecule has 4 rings (SSSR count). The number of para-hydroxylation sites is 1. The van der Waals surface area contributed by atoms with Gasteiger partial charge in [-0.05, 0) is 48.0 Å². The van der Waals surface area contributed by atoms with Crippen molar-refractivity contribution in [3.8, 4) is 17.1 Å². The van der Waals surface area contributed by atoms with Gasteiger partial charge in [0.15, 0.2) is 5.76 Å². The highest BCUT2D eigenvalue weighted by Gasteiger charge is 2.20. The molecule has 1 heterocycles. The number of hydrogen-bond acceptors (Lipinski definition) is 5. The third-order valence-electron chi connectivity index (χ3n) is 4.69. The van der Waals surface area contributed by atoms with Crippen molar-refractivity contribution in [2.75, 3.05) is 7.11 Å². The summed E-state index contributed by atoms with van der Waals surface area (Å²) in [5, 5.41) is 1.19. The molecule has 0 spiro atoms. The minimum Gasteiger partial charge on any atom is -0.481 e. The van der Waals surface area contributed by atoms with Crippen LogP contribution in [0.2, 0.25) is 10.0 Å². The first-order chi connectivity index (χ1) is 15.0. The van der Waals surface area contributed by atoms with Gasteiger partial charge >= 0.3 is 5.97 Å². The number of ether oxygens (including phenoxy) is 2. The molecule has 0 amide bonds. The van der Waals surface area contributed by atoms with Crippen molar-refractivity contribution in [3.05, 3.63) is 98.1 Å². The van der Waals surface area contributed by atoms with Crippen molar-refractivity contribution in [2.24, 2.45) is 0 Å². The third-order valence-corrected chi connectivity index (χ3v) is 5.24. The second kappa shape index (κ2) is 8.84. The SMILES string of the molecule is COC(=O)c1ccc(COc2c(-c3ccc(Cl)cc3Cl)oc3ccccc3c2=O)cc1. The molecule has 0 radical (unpaired) electrons. The molecule has 0 unspecified atom stereocenters. The molecule has 4 aromatic rings. The topological polar surface area (TPSA) is 65.7 Å². The Bertz CT molecular complexity index is 1330. The molecule has 0 aliphatic heterocycles. The Labute approximate surface area is 187 Å². The van der Waals surface area contributed by atoms with Crippen LogP contribution >= 0.6 is 23.2 Å². The van der Waals surface area contributed by atoms with Gasteiger partial charge in [0, 0.05) is 10.6 Å². The summed E-state index contributed by atoms with van der Waals surface area (Å²) in [5.41, 5.74) is 1.78. The first-order valence-electron chi connectivity index (χ1n) is 9.29. The smallest absolute Gasteiger partial charge is 0.337 e. The first-order valence-corrected chi connectivity index (χ1v) is 10.0. The van der Waals surface area contributed by atoms with E-state index in [1.54, 1.807) is 66.7 Å². The highest BCUT2D eigenvalue weighted by molar-refractivity contribution is 6.36. The predicted molar refractivity (Wildman–Crippen MR) is 120 cm³/mol. The summed E-state index contributed by atoms with van der Waals surface area (Å²) in [6.07, 6.45) is 0. The van der Waals surface area contributed by atoms with Crippen LogP contribution in [-0.2, 0) is 11.3 Å². The van der Waals surface area contributed by atoms with Crippen molar-refractivity contribution in [3.63, 3.8) is 0 Å². The number of methoxy groups -OCH3 is 1. The molecular weight excluding hydrogens is 439 g/mol. The Morgan fingerprint density at radius 3 is 2.45 bits per heavy atom. The lowest BCUT2D eigenvalue weighted by atomic mass is 10.1. The fraction of sp³-hybridized carbons (Fsp3) is 0.0833. The van der Waals surface area contributed by atoms with Crippen LogP contribution in [0.5, 0.6) is 5.75 Å². The maximum Gasteiger partial charge on any atom is 0.337 e. The molecule has 3 aromatic carbocycles. The Balaban J connectivity index is 1.76. The van der Waals surface area contributed by atoms with E-state index in [0.29, 0.717) is 32.1 Å². The number of benzene rings is 3. The van der Waals surface area contributed by atoms with E-state index >= 15 is 0 Å². The fourth-order valence-corrected chi connectivity index (χ4v) is 3.61. The van der Waals surface area contributed by atoms with Gasteiger partial charge in [-0.1, -0.05) is 47.5 Å². The minimum absolute atomic E-state index is 0.0416. The molecule has 0 aliphatic carbocycles. The molecule has 0 bridgehead atoms. The van der Waals surface area contributed by atoms with E-state index < -0.39 is 5.97 Å². The summed E-state index contributed by atoms with van der Waals surface area (Å²) in [6, 6.07) is 18.5. The zero-order chi connectivity index (χ0) is 22.0. The van der Waals surface area contributed by atoms with Gasteiger partial charge in [0.25, 0.3) is 0 Å². The van der Waals surface area contributed by atoms with Crippen LogP contribution < -0.4 is 10.2 Å². The maximum atomic E-state index is 13.2. The molecule has 31 heavy (non-hydrogen) atoms. The fourth-order valence-electron chi connectivity index (χ4n) is 3.12. The van der Waals surface area contributed by atoms with Gasteiger partial charge in [-0.25, -0.2) is 4.79 Å². The van der Waals surface area contributed by atoms with Crippen molar-refractivity contribution in [2.45, 2.75) is 6.61 Å². The Morgan fingerprint density at radius 2 is 1.74 bits per heavy atom. The van der Waals surface area contributed by atoms with Gasteiger partial charge < -0.3 is 13.9 Å². The summed E-state index contributed by atoms with van der Waals surface area (Å²) in [5.74, 6) is -0.168. The average molecular weight is 455 g/mol. The number of rotatable bonds is 5. The van der Waals surface area contributed by atoms with Crippen LogP contribution in [0, 0.1) is 0 Å². The lowest BCUT2D eigenvalue weighted by molar-refractivity contribution is 0.0600. The van der Waals surface area contributed by atoms with Crippen molar-refractivity contribution >= 4 is 40.1 Å². The number of carbonyl (C=O) groups excluding carboxylic acids is 1. The Morgan fingerprint density at radius 1 is 1.00 bits per heavy atom. The van der Waals surface area contributed by atoms with E-state index in [0.717, 1.165) is 5.56 Å². The highest BCUT2D eigenvalue weighted by atomic mass is 35.5. The van der Waals surface area contributed by atoms with Crippen LogP contribution in [-0.4, -0.2) is 13.1 Å². The standard InChI is InChI=1S/C24H16Cl2O5/c1-29-24(28)15-8-6-14(7-9-15)13-30-23-21(27)18-4-2-3-5-20(18)31-22(23)17-11-10-16(25)12-19(17)26/h2-12H,13H2,1H3. The lowest BCUT2D eigenvalue weighted by Crippen LogP contribution is -2.10. The highest BCUT2D eigenvalue weighted by Crippen LogP contribution is 2.36. The van der Waals surface area contributed by atoms with E-state index in [1.165, 1.54) is 7.11 Å². The molecule has 0 atom stereocenters. The number of carbonyl (C=O) groups is 1. The maximum absolute atomic E-state index is 13.2. The molecule has 156 valence electrons. The van der Waals surface area contributed by atoms with Crippen LogP contribution in [0.15, 0.2) is 75.9 Å². The quantitative estimate of drug-likeness (QED) is 0.339.